The van der Waals surface area contributed by atoms with Crippen LogP contribution in [0.4, 0.5) is 5.13 Å². The predicted molar refractivity (Wildman–Crippen MR) is 122 cm³/mol. The summed E-state index contributed by atoms with van der Waals surface area (Å²) < 4.78 is 2.91. The van der Waals surface area contributed by atoms with Gasteiger partial charge in [-0.1, -0.05) is 59.4 Å². The van der Waals surface area contributed by atoms with Gasteiger partial charge < -0.3 is 10.2 Å². The number of carbonyl (C=O) groups is 1. The lowest BCUT2D eigenvalue weighted by Crippen LogP contribution is -2.36. The van der Waals surface area contributed by atoms with Gasteiger partial charge in [0.15, 0.2) is 10.8 Å². The van der Waals surface area contributed by atoms with Crippen LogP contribution in [-0.2, 0) is 4.79 Å². The van der Waals surface area contributed by atoms with Crippen molar-refractivity contribution in [1.29, 1.82) is 0 Å². The van der Waals surface area contributed by atoms with Crippen molar-refractivity contribution < 1.29 is 4.79 Å². The zero-order chi connectivity index (χ0) is 21.3. The average Bonchev–Trinajstić information content (AvgIpc) is 3.30. The fourth-order valence-electron chi connectivity index (χ4n) is 3.35. The van der Waals surface area contributed by atoms with Crippen LogP contribution < -0.4 is 10.2 Å². The van der Waals surface area contributed by atoms with Gasteiger partial charge in [0.1, 0.15) is 0 Å². The molecule has 154 valence electrons. The number of fused-ring (bicyclic) bond motifs is 1. The van der Waals surface area contributed by atoms with Gasteiger partial charge in [-0.3, -0.25) is 4.79 Å². The quantitative estimate of drug-likeness (QED) is 0.503. The Bertz CT molecular complexity index is 1160. The van der Waals surface area contributed by atoms with E-state index in [1.165, 1.54) is 5.56 Å². The van der Waals surface area contributed by atoms with Gasteiger partial charge in [-0.15, -0.1) is 0 Å². The fourth-order valence-corrected chi connectivity index (χ4v) is 4.29. The van der Waals surface area contributed by atoms with Crippen molar-refractivity contribution >= 4 is 32.7 Å². The SMILES string of the molecule is Cc1ccc(-n2nc(C)c3sc(N(C)CC(=O)NC(C)c4ccccc4)nc32)cc1. The Labute approximate surface area is 180 Å². The Hall–Kier alpha value is -3.19. The minimum absolute atomic E-state index is 0.0370. The summed E-state index contributed by atoms with van der Waals surface area (Å²) in [5, 5.41) is 8.51. The monoisotopic (exact) mass is 419 g/mol. The molecule has 0 saturated carbocycles. The van der Waals surface area contributed by atoms with Crippen molar-refractivity contribution in [3.8, 4) is 5.69 Å². The smallest absolute Gasteiger partial charge is 0.240 e. The van der Waals surface area contributed by atoms with Crippen LogP contribution in [0.25, 0.3) is 16.0 Å². The van der Waals surface area contributed by atoms with Crippen LogP contribution in [-0.4, -0.2) is 34.3 Å². The van der Waals surface area contributed by atoms with Crippen LogP contribution in [0.3, 0.4) is 0 Å². The predicted octanol–water partition coefficient (Wildman–Crippen LogP) is 4.41. The standard InChI is InChI=1S/C23H25N5OS/c1-15-10-12-19(13-11-15)28-22-21(17(3)26-28)30-23(25-22)27(4)14-20(29)24-16(2)18-8-6-5-7-9-18/h5-13,16H,14H2,1-4H3,(H,24,29). The summed E-state index contributed by atoms with van der Waals surface area (Å²) in [4.78, 5) is 19.2. The van der Waals surface area contributed by atoms with E-state index in [1.807, 2.05) is 72.9 Å². The molecule has 4 rings (SSSR count). The topological polar surface area (TPSA) is 63.1 Å². The van der Waals surface area contributed by atoms with E-state index >= 15 is 0 Å². The van der Waals surface area contributed by atoms with Gasteiger partial charge in [0.05, 0.1) is 28.7 Å². The molecule has 0 aliphatic rings. The summed E-state index contributed by atoms with van der Waals surface area (Å²) in [7, 11) is 1.89. The molecule has 1 atom stereocenters. The lowest BCUT2D eigenvalue weighted by atomic mass is 10.1. The third-order valence-corrected chi connectivity index (χ3v) is 6.31. The van der Waals surface area contributed by atoms with Gasteiger partial charge >= 0.3 is 0 Å². The van der Waals surface area contributed by atoms with Crippen molar-refractivity contribution in [1.82, 2.24) is 20.1 Å². The minimum Gasteiger partial charge on any atom is -0.348 e. The summed E-state index contributed by atoms with van der Waals surface area (Å²) >= 11 is 1.56. The minimum atomic E-state index is -0.0418. The maximum Gasteiger partial charge on any atom is 0.240 e. The number of nitrogens with zero attached hydrogens (tertiary/aromatic N) is 4. The molecule has 1 unspecified atom stereocenters. The number of hydrogen-bond acceptors (Lipinski definition) is 5. The van der Waals surface area contributed by atoms with E-state index in [1.54, 1.807) is 11.3 Å². The number of amides is 1. The first-order valence-electron chi connectivity index (χ1n) is 9.91. The van der Waals surface area contributed by atoms with E-state index in [0.29, 0.717) is 0 Å². The summed E-state index contributed by atoms with van der Waals surface area (Å²) in [6.07, 6.45) is 0. The van der Waals surface area contributed by atoms with E-state index in [-0.39, 0.29) is 18.5 Å². The number of aromatic nitrogens is 3. The molecule has 0 saturated heterocycles. The van der Waals surface area contributed by atoms with Crippen molar-refractivity contribution in [3.63, 3.8) is 0 Å². The van der Waals surface area contributed by atoms with Crippen molar-refractivity contribution in [2.24, 2.45) is 0 Å². The largest absolute Gasteiger partial charge is 0.348 e. The number of rotatable bonds is 6. The molecule has 2 heterocycles. The Balaban J connectivity index is 1.51. The average molecular weight is 420 g/mol. The molecule has 6 nitrogen and oxygen atoms in total. The highest BCUT2D eigenvalue weighted by atomic mass is 32.1. The van der Waals surface area contributed by atoms with E-state index in [0.717, 1.165) is 32.4 Å². The molecule has 2 aromatic carbocycles. The van der Waals surface area contributed by atoms with Crippen LogP contribution in [0.15, 0.2) is 54.6 Å². The summed E-state index contributed by atoms with van der Waals surface area (Å²) in [5.41, 5.74) is 5.02. The third kappa shape index (κ3) is 4.07. The summed E-state index contributed by atoms with van der Waals surface area (Å²) in [6.45, 7) is 6.28. The molecule has 0 bridgehead atoms. The van der Waals surface area contributed by atoms with E-state index < -0.39 is 0 Å². The number of benzene rings is 2. The lowest BCUT2D eigenvalue weighted by Gasteiger charge is -2.18. The van der Waals surface area contributed by atoms with E-state index in [9.17, 15) is 4.79 Å². The first kappa shape index (κ1) is 20.1. The molecule has 4 aromatic rings. The van der Waals surface area contributed by atoms with Gasteiger partial charge in [0.2, 0.25) is 5.91 Å². The first-order valence-corrected chi connectivity index (χ1v) is 10.7. The maximum absolute atomic E-state index is 12.6. The van der Waals surface area contributed by atoms with E-state index in [2.05, 4.69) is 29.5 Å². The second kappa shape index (κ2) is 8.28. The van der Waals surface area contributed by atoms with Gasteiger partial charge in [-0.2, -0.15) is 10.1 Å². The molecule has 0 radical (unpaired) electrons. The van der Waals surface area contributed by atoms with Crippen molar-refractivity contribution in [2.45, 2.75) is 26.8 Å². The van der Waals surface area contributed by atoms with Gasteiger partial charge in [0.25, 0.3) is 0 Å². The number of carbonyl (C=O) groups excluding carboxylic acids is 1. The number of anilines is 1. The molecule has 0 spiro atoms. The molecule has 0 fully saturated rings. The highest BCUT2D eigenvalue weighted by Gasteiger charge is 2.19. The zero-order valence-electron chi connectivity index (χ0n) is 17.6. The molecular formula is C23H25N5OS. The molecule has 7 heteroatoms. The highest BCUT2D eigenvalue weighted by molar-refractivity contribution is 7.22. The Kier molecular flexibility index (Phi) is 5.55. The van der Waals surface area contributed by atoms with Gasteiger partial charge in [0, 0.05) is 7.05 Å². The first-order chi connectivity index (χ1) is 14.4. The molecule has 0 aliphatic carbocycles. The van der Waals surface area contributed by atoms with Crippen LogP contribution in [0.1, 0.15) is 29.8 Å². The normalized spacial score (nSPS) is 12.1. The number of thiazole rings is 1. The number of nitrogens with one attached hydrogen (secondary N) is 1. The Morgan fingerprint density at radius 2 is 1.83 bits per heavy atom. The van der Waals surface area contributed by atoms with Crippen LogP contribution in [0.2, 0.25) is 0 Å². The molecule has 0 aliphatic heterocycles. The molecule has 2 aromatic heterocycles. The number of likely N-dealkylation sites (N-methyl/N-ethyl adjacent to an activating group) is 1. The number of hydrogen-bond donors (Lipinski definition) is 1. The van der Waals surface area contributed by atoms with Crippen molar-refractivity contribution in [2.75, 3.05) is 18.5 Å². The third-order valence-electron chi connectivity index (χ3n) is 5.04. The maximum atomic E-state index is 12.6. The molecule has 1 amide bonds. The Morgan fingerprint density at radius 1 is 1.13 bits per heavy atom. The second-order valence-electron chi connectivity index (χ2n) is 7.54. The fraction of sp³-hybridized carbons (Fsp3) is 0.261. The van der Waals surface area contributed by atoms with Crippen LogP contribution >= 0.6 is 11.3 Å². The molecule has 1 N–H and O–H groups in total. The Morgan fingerprint density at radius 3 is 2.53 bits per heavy atom. The number of aryl methyl sites for hydroxylation is 2. The van der Waals surface area contributed by atoms with Crippen LogP contribution in [0.5, 0.6) is 0 Å². The summed E-state index contributed by atoms with van der Waals surface area (Å²) in [6, 6.07) is 18.1. The summed E-state index contributed by atoms with van der Waals surface area (Å²) in [5.74, 6) is -0.0370. The van der Waals surface area contributed by atoms with E-state index in [4.69, 9.17) is 4.98 Å². The second-order valence-corrected chi connectivity index (χ2v) is 8.52. The lowest BCUT2D eigenvalue weighted by molar-refractivity contribution is -0.120. The van der Waals surface area contributed by atoms with Gasteiger partial charge in [-0.05, 0) is 38.5 Å². The zero-order valence-corrected chi connectivity index (χ0v) is 18.4. The van der Waals surface area contributed by atoms with Crippen LogP contribution in [0, 0.1) is 13.8 Å². The van der Waals surface area contributed by atoms with Crippen molar-refractivity contribution in [3.05, 3.63) is 71.4 Å². The van der Waals surface area contributed by atoms with Gasteiger partial charge in [-0.25, -0.2) is 4.68 Å². The molecule has 30 heavy (non-hydrogen) atoms. The highest BCUT2D eigenvalue weighted by Crippen LogP contribution is 2.32. The molecular weight excluding hydrogens is 394 g/mol.